The Morgan fingerprint density at radius 3 is 2.90 bits per heavy atom. The summed E-state index contributed by atoms with van der Waals surface area (Å²) in [5.74, 6) is 0.248. The van der Waals surface area contributed by atoms with E-state index in [-0.39, 0.29) is 5.75 Å². The van der Waals surface area contributed by atoms with Gasteiger partial charge in [-0.15, -0.1) is 10.2 Å². The highest BCUT2D eigenvalue weighted by molar-refractivity contribution is 7.99. The van der Waals surface area contributed by atoms with Crippen LogP contribution in [0.1, 0.15) is 50.9 Å². The molecule has 1 N–H and O–H groups in total. The fourth-order valence-corrected chi connectivity index (χ4v) is 4.42. The van der Waals surface area contributed by atoms with Crippen molar-refractivity contribution < 1.29 is 9.90 Å². The van der Waals surface area contributed by atoms with Crippen LogP contribution in [0.4, 0.5) is 0 Å². The van der Waals surface area contributed by atoms with E-state index in [1.54, 1.807) is 0 Å². The van der Waals surface area contributed by atoms with Gasteiger partial charge in [0.2, 0.25) is 0 Å². The average molecular weight is 329 g/mol. The van der Waals surface area contributed by atoms with Crippen molar-refractivity contribution in [2.24, 2.45) is 0 Å². The van der Waals surface area contributed by atoms with E-state index in [4.69, 9.17) is 5.11 Å². The maximum Gasteiger partial charge on any atom is 0.313 e. The van der Waals surface area contributed by atoms with Gasteiger partial charge in [0.15, 0.2) is 5.16 Å². The van der Waals surface area contributed by atoms with Crippen LogP contribution in [0, 0.1) is 0 Å². The molecule has 0 aromatic carbocycles. The van der Waals surface area contributed by atoms with E-state index in [2.05, 4.69) is 27.9 Å². The van der Waals surface area contributed by atoms with Gasteiger partial charge in [0, 0.05) is 17.7 Å². The van der Waals surface area contributed by atoms with E-state index >= 15 is 0 Å². The van der Waals surface area contributed by atoms with Gasteiger partial charge in [-0.05, 0) is 31.9 Å². The molecule has 7 heteroatoms. The largest absolute Gasteiger partial charge is 0.481 e. The Hall–Kier alpha value is -0.690. The molecule has 118 valence electrons. The predicted octanol–water partition coefficient (Wildman–Crippen LogP) is 3.25. The highest BCUT2D eigenvalue weighted by Gasteiger charge is 2.27. The van der Waals surface area contributed by atoms with Crippen molar-refractivity contribution in [3.63, 3.8) is 0 Å². The van der Waals surface area contributed by atoms with Crippen LogP contribution in [0.15, 0.2) is 5.16 Å². The zero-order chi connectivity index (χ0) is 15.2. The van der Waals surface area contributed by atoms with E-state index < -0.39 is 5.97 Å². The number of aryl methyl sites for hydroxylation is 1. The summed E-state index contributed by atoms with van der Waals surface area (Å²) in [6, 6.07) is 0.420. The van der Waals surface area contributed by atoms with Crippen molar-refractivity contribution >= 4 is 29.5 Å². The van der Waals surface area contributed by atoms with Gasteiger partial charge >= 0.3 is 5.97 Å². The third-order valence-electron chi connectivity index (χ3n) is 3.83. The Kier molecular flexibility index (Phi) is 6.41. The van der Waals surface area contributed by atoms with Crippen LogP contribution in [0.25, 0.3) is 0 Å². The second kappa shape index (κ2) is 8.08. The van der Waals surface area contributed by atoms with Crippen molar-refractivity contribution in [1.82, 2.24) is 14.8 Å². The van der Waals surface area contributed by atoms with Crippen LogP contribution in [0.3, 0.4) is 0 Å². The third kappa shape index (κ3) is 4.39. The number of carboxylic acids is 1. The summed E-state index contributed by atoms with van der Waals surface area (Å²) >= 11 is 3.22. The molecular formula is C14H23N3O2S2. The van der Waals surface area contributed by atoms with E-state index in [0.29, 0.717) is 11.3 Å². The van der Waals surface area contributed by atoms with Gasteiger partial charge in [-0.1, -0.05) is 25.1 Å². The summed E-state index contributed by atoms with van der Waals surface area (Å²) in [4.78, 5) is 10.8. The first-order chi connectivity index (χ1) is 10.2. The van der Waals surface area contributed by atoms with Crippen molar-refractivity contribution in [3.8, 4) is 0 Å². The van der Waals surface area contributed by atoms with Crippen LogP contribution in [-0.2, 0) is 11.2 Å². The summed E-state index contributed by atoms with van der Waals surface area (Å²) in [5.41, 5.74) is 0. The Bertz CT molecular complexity index is 479. The number of hydrogen-bond acceptors (Lipinski definition) is 5. The number of thioether (sulfide) groups is 2. The highest BCUT2D eigenvalue weighted by Crippen LogP contribution is 2.36. The molecule has 2 rings (SSSR count). The molecule has 1 aliphatic rings. The third-order valence-corrected chi connectivity index (χ3v) is 5.85. The Balaban J connectivity index is 2.20. The Morgan fingerprint density at radius 2 is 2.24 bits per heavy atom. The first-order valence-electron chi connectivity index (χ1n) is 7.46. The van der Waals surface area contributed by atoms with Crippen LogP contribution < -0.4 is 0 Å². The lowest BCUT2D eigenvalue weighted by atomic mass is 9.94. The first-order valence-corrected chi connectivity index (χ1v) is 9.74. The lowest BCUT2D eigenvalue weighted by Crippen LogP contribution is -2.23. The van der Waals surface area contributed by atoms with Gasteiger partial charge in [0.25, 0.3) is 0 Å². The lowest BCUT2D eigenvalue weighted by molar-refractivity contribution is -0.133. The number of hydrogen-bond donors (Lipinski definition) is 1. The average Bonchev–Trinajstić information content (AvgIpc) is 2.88. The topological polar surface area (TPSA) is 68.0 Å². The van der Waals surface area contributed by atoms with Gasteiger partial charge in [-0.3, -0.25) is 4.79 Å². The van der Waals surface area contributed by atoms with Crippen molar-refractivity contribution in [2.45, 2.75) is 61.9 Å². The Labute approximate surface area is 134 Å². The molecule has 1 heterocycles. The summed E-state index contributed by atoms with van der Waals surface area (Å²) in [6.07, 6.45) is 8.89. The fraction of sp³-hybridized carbons (Fsp3) is 0.786. The molecule has 21 heavy (non-hydrogen) atoms. The number of carboxylic acid groups (broad SMARTS) is 1. The van der Waals surface area contributed by atoms with Crippen LogP contribution >= 0.6 is 23.5 Å². The maximum absolute atomic E-state index is 10.8. The molecule has 0 radical (unpaired) electrons. The number of aromatic nitrogens is 3. The number of carbonyl (C=O) groups is 1. The van der Waals surface area contributed by atoms with E-state index in [1.807, 2.05) is 11.8 Å². The molecular weight excluding hydrogens is 306 g/mol. The quantitative estimate of drug-likeness (QED) is 0.775. The Morgan fingerprint density at radius 1 is 1.43 bits per heavy atom. The van der Waals surface area contributed by atoms with Crippen LogP contribution in [-0.4, -0.2) is 43.1 Å². The molecule has 1 aliphatic carbocycles. The first kappa shape index (κ1) is 16.7. The molecule has 0 amide bonds. The van der Waals surface area contributed by atoms with E-state index in [1.165, 1.54) is 24.6 Å². The standard InChI is InChI=1S/C14H23N3O2S2/c1-3-5-12-15-16-14(21-9-13(18)19)17(12)10-6-4-7-11(8-10)20-2/h10-11H,3-9H2,1-2H3,(H,18,19). The second-order valence-corrected chi connectivity index (χ2v) is 7.46. The smallest absolute Gasteiger partial charge is 0.313 e. The van der Waals surface area contributed by atoms with Gasteiger partial charge < -0.3 is 9.67 Å². The lowest BCUT2D eigenvalue weighted by Gasteiger charge is -2.30. The summed E-state index contributed by atoms with van der Waals surface area (Å²) < 4.78 is 2.22. The molecule has 2 unspecified atom stereocenters. The minimum atomic E-state index is -0.808. The van der Waals surface area contributed by atoms with Crippen LogP contribution in [0.2, 0.25) is 0 Å². The molecule has 0 bridgehead atoms. The van der Waals surface area contributed by atoms with Gasteiger partial charge in [0.1, 0.15) is 5.82 Å². The molecule has 0 aliphatic heterocycles. The van der Waals surface area contributed by atoms with Gasteiger partial charge in [0.05, 0.1) is 5.75 Å². The predicted molar refractivity (Wildman–Crippen MR) is 87.2 cm³/mol. The normalized spacial score (nSPS) is 22.4. The molecule has 0 spiro atoms. The summed E-state index contributed by atoms with van der Waals surface area (Å²) in [7, 11) is 0. The number of aliphatic carboxylic acids is 1. The zero-order valence-electron chi connectivity index (χ0n) is 12.6. The molecule has 1 aromatic rings. The minimum Gasteiger partial charge on any atom is -0.481 e. The van der Waals surface area contributed by atoms with Crippen LogP contribution in [0.5, 0.6) is 0 Å². The molecule has 5 nitrogen and oxygen atoms in total. The van der Waals surface area contributed by atoms with Crippen molar-refractivity contribution in [1.29, 1.82) is 0 Å². The highest BCUT2D eigenvalue weighted by atomic mass is 32.2. The molecule has 1 saturated carbocycles. The second-order valence-electron chi connectivity index (χ2n) is 5.38. The van der Waals surface area contributed by atoms with E-state index in [9.17, 15) is 4.79 Å². The zero-order valence-corrected chi connectivity index (χ0v) is 14.3. The van der Waals surface area contributed by atoms with Gasteiger partial charge in [-0.25, -0.2) is 0 Å². The monoisotopic (exact) mass is 329 g/mol. The molecule has 1 aromatic heterocycles. The van der Waals surface area contributed by atoms with Gasteiger partial charge in [-0.2, -0.15) is 11.8 Å². The summed E-state index contributed by atoms with van der Waals surface area (Å²) in [5, 5.41) is 18.9. The number of nitrogens with zero attached hydrogens (tertiary/aromatic N) is 3. The number of rotatable bonds is 7. The molecule has 1 fully saturated rings. The van der Waals surface area contributed by atoms with Crippen molar-refractivity contribution in [2.75, 3.05) is 12.0 Å². The molecule has 0 saturated heterocycles. The SMILES string of the molecule is CCCc1nnc(SCC(=O)O)n1C1CCCC(SC)C1. The van der Waals surface area contributed by atoms with Crippen molar-refractivity contribution in [3.05, 3.63) is 5.82 Å². The molecule has 2 atom stereocenters. The maximum atomic E-state index is 10.8. The summed E-state index contributed by atoms with van der Waals surface area (Å²) in [6.45, 7) is 2.13. The fourth-order valence-electron chi connectivity index (χ4n) is 2.86. The minimum absolute atomic E-state index is 0.0446. The van der Waals surface area contributed by atoms with E-state index in [0.717, 1.165) is 36.7 Å².